The Bertz CT molecular complexity index is 613. The standard InChI is InChI=1S/C13H14N4O2/c1-9-4-3-6-14-11(9)8-16-13-12(17(18)19)10(2)5-7-15-13/h3-7H,8H2,1-2H3,(H,15,16). The summed E-state index contributed by atoms with van der Waals surface area (Å²) in [6.45, 7) is 4.04. The molecule has 0 atom stereocenters. The van der Waals surface area contributed by atoms with Gasteiger partial charge in [-0.3, -0.25) is 15.1 Å². The summed E-state index contributed by atoms with van der Waals surface area (Å²) in [5, 5.41) is 14.0. The fourth-order valence-corrected chi connectivity index (χ4v) is 1.78. The molecule has 19 heavy (non-hydrogen) atoms. The third-order valence-corrected chi connectivity index (χ3v) is 2.85. The first-order valence-electron chi connectivity index (χ1n) is 5.84. The van der Waals surface area contributed by atoms with E-state index in [2.05, 4.69) is 15.3 Å². The van der Waals surface area contributed by atoms with Crippen molar-refractivity contribution < 1.29 is 4.92 Å². The Morgan fingerprint density at radius 3 is 2.68 bits per heavy atom. The van der Waals surface area contributed by atoms with Gasteiger partial charge in [-0.25, -0.2) is 4.98 Å². The molecule has 0 radical (unpaired) electrons. The van der Waals surface area contributed by atoms with E-state index >= 15 is 0 Å². The number of pyridine rings is 2. The average molecular weight is 258 g/mol. The third-order valence-electron chi connectivity index (χ3n) is 2.85. The van der Waals surface area contributed by atoms with Crippen LogP contribution < -0.4 is 5.32 Å². The van der Waals surface area contributed by atoms with E-state index in [0.29, 0.717) is 12.1 Å². The zero-order chi connectivity index (χ0) is 13.8. The molecule has 0 saturated carbocycles. The number of nitrogens with one attached hydrogen (secondary N) is 1. The van der Waals surface area contributed by atoms with Gasteiger partial charge in [0.1, 0.15) is 0 Å². The Hall–Kier alpha value is -2.50. The van der Waals surface area contributed by atoms with Crippen LogP contribution in [0.5, 0.6) is 0 Å². The van der Waals surface area contributed by atoms with Crippen molar-refractivity contribution in [1.82, 2.24) is 9.97 Å². The van der Waals surface area contributed by atoms with Gasteiger partial charge < -0.3 is 5.32 Å². The highest BCUT2D eigenvalue weighted by Crippen LogP contribution is 2.25. The fourth-order valence-electron chi connectivity index (χ4n) is 1.78. The molecular weight excluding hydrogens is 244 g/mol. The largest absolute Gasteiger partial charge is 0.359 e. The van der Waals surface area contributed by atoms with Crippen molar-refractivity contribution in [3.8, 4) is 0 Å². The minimum Gasteiger partial charge on any atom is -0.359 e. The van der Waals surface area contributed by atoms with E-state index in [4.69, 9.17) is 0 Å². The second-order valence-corrected chi connectivity index (χ2v) is 4.20. The Balaban J connectivity index is 2.23. The first kappa shape index (κ1) is 12.9. The summed E-state index contributed by atoms with van der Waals surface area (Å²) in [4.78, 5) is 18.9. The number of anilines is 1. The first-order valence-corrected chi connectivity index (χ1v) is 5.84. The SMILES string of the molecule is Cc1cccnc1CNc1nccc(C)c1[N+](=O)[O-]. The van der Waals surface area contributed by atoms with Gasteiger partial charge in [0, 0.05) is 18.0 Å². The highest BCUT2D eigenvalue weighted by atomic mass is 16.6. The van der Waals surface area contributed by atoms with E-state index in [9.17, 15) is 10.1 Å². The molecule has 0 spiro atoms. The van der Waals surface area contributed by atoms with Crippen LogP contribution in [0.2, 0.25) is 0 Å². The van der Waals surface area contributed by atoms with Crippen LogP contribution in [0.1, 0.15) is 16.8 Å². The molecule has 6 heteroatoms. The second kappa shape index (κ2) is 5.43. The zero-order valence-electron chi connectivity index (χ0n) is 10.8. The molecule has 0 aliphatic heterocycles. The van der Waals surface area contributed by atoms with Gasteiger partial charge in [0.2, 0.25) is 5.82 Å². The second-order valence-electron chi connectivity index (χ2n) is 4.20. The molecule has 2 aromatic heterocycles. The van der Waals surface area contributed by atoms with E-state index in [1.807, 2.05) is 19.1 Å². The molecule has 0 amide bonds. The van der Waals surface area contributed by atoms with E-state index in [0.717, 1.165) is 11.3 Å². The van der Waals surface area contributed by atoms with Gasteiger partial charge >= 0.3 is 5.69 Å². The Morgan fingerprint density at radius 1 is 1.21 bits per heavy atom. The molecule has 2 heterocycles. The van der Waals surface area contributed by atoms with Gasteiger partial charge in [-0.1, -0.05) is 6.07 Å². The minimum atomic E-state index is -0.421. The third kappa shape index (κ3) is 2.85. The number of nitro groups is 1. The summed E-state index contributed by atoms with van der Waals surface area (Å²) >= 11 is 0. The predicted molar refractivity (Wildman–Crippen MR) is 71.9 cm³/mol. The molecule has 1 N–H and O–H groups in total. The lowest BCUT2D eigenvalue weighted by Crippen LogP contribution is -2.07. The van der Waals surface area contributed by atoms with E-state index in [1.165, 1.54) is 0 Å². The normalized spacial score (nSPS) is 10.2. The van der Waals surface area contributed by atoms with Crippen LogP contribution >= 0.6 is 0 Å². The molecule has 2 aromatic rings. The Kier molecular flexibility index (Phi) is 3.70. The maximum Gasteiger partial charge on any atom is 0.314 e. The molecule has 0 saturated heterocycles. The molecule has 98 valence electrons. The van der Waals surface area contributed by atoms with Gasteiger partial charge in [0.15, 0.2) is 0 Å². The number of aryl methyl sites for hydroxylation is 2. The fraction of sp³-hybridized carbons (Fsp3) is 0.231. The lowest BCUT2D eigenvalue weighted by atomic mass is 10.2. The van der Waals surface area contributed by atoms with Crippen LogP contribution in [0, 0.1) is 24.0 Å². The van der Waals surface area contributed by atoms with E-state index in [-0.39, 0.29) is 11.5 Å². The van der Waals surface area contributed by atoms with Crippen LogP contribution in [0.4, 0.5) is 11.5 Å². The summed E-state index contributed by atoms with van der Waals surface area (Å²) in [5.41, 5.74) is 2.47. The molecule has 2 rings (SSSR count). The summed E-state index contributed by atoms with van der Waals surface area (Å²) in [6, 6.07) is 5.42. The van der Waals surface area contributed by atoms with Crippen molar-refractivity contribution in [3.05, 3.63) is 57.5 Å². The maximum absolute atomic E-state index is 11.0. The molecule has 0 fully saturated rings. The zero-order valence-corrected chi connectivity index (χ0v) is 10.8. The summed E-state index contributed by atoms with van der Waals surface area (Å²) in [7, 11) is 0. The molecule has 0 unspecified atom stereocenters. The molecule has 6 nitrogen and oxygen atoms in total. The van der Waals surface area contributed by atoms with E-state index in [1.54, 1.807) is 25.4 Å². The molecule has 0 aromatic carbocycles. The van der Waals surface area contributed by atoms with Crippen molar-refractivity contribution >= 4 is 11.5 Å². The van der Waals surface area contributed by atoms with Crippen molar-refractivity contribution in [2.75, 3.05) is 5.32 Å². The van der Waals surface area contributed by atoms with Gasteiger partial charge in [-0.15, -0.1) is 0 Å². The first-order chi connectivity index (χ1) is 9.09. The summed E-state index contributed by atoms with van der Waals surface area (Å²) in [5.74, 6) is 0.273. The molecule has 0 bridgehead atoms. The monoisotopic (exact) mass is 258 g/mol. The Labute approximate surface area is 110 Å². The smallest absolute Gasteiger partial charge is 0.314 e. The maximum atomic E-state index is 11.0. The average Bonchev–Trinajstić information content (AvgIpc) is 2.37. The number of rotatable bonds is 4. The summed E-state index contributed by atoms with van der Waals surface area (Å²) < 4.78 is 0. The van der Waals surface area contributed by atoms with Crippen molar-refractivity contribution in [3.63, 3.8) is 0 Å². The molecule has 0 aliphatic rings. The van der Waals surface area contributed by atoms with Gasteiger partial charge in [0.25, 0.3) is 0 Å². The highest BCUT2D eigenvalue weighted by molar-refractivity contribution is 5.59. The lowest BCUT2D eigenvalue weighted by molar-refractivity contribution is -0.384. The highest BCUT2D eigenvalue weighted by Gasteiger charge is 2.18. The molecule has 0 aliphatic carbocycles. The van der Waals surface area contributed by atoms with Crippen LogP contribution in [0.15, 0.2) is 30.6 Å². The van der Waals surface area contributed by atoms with Gasteiger partial charge in [0.05, 0.1) is 17.2 Å². The Morgan fingerprint density at radius 2 is 2.00 bits per heavy atom. The van der Waals surface area contributed by atoms with E-state index < -0.39 is 4.92 Å². The van der Waals surface area contributed by atoms with Crippen LogP contribution in [-0.2, 0) is 6.54 Å². The van der Waals surface area contributed by atoms with Crippen LogP contribution in [0.25, 0.3) is 0 Å². The van der Waals surface area contributed by atoms with Crippen molar-refractivity contribution in [2.24, 2.45) is 0 Å². The van der Waals surface area contributed by atoms with Gasteiger partial charge in [-0.05, 0) is 31.5 Å². The van der Waals surface area contributed by atoms with Crippen LogP contribution in [-0.4, -0.2) is 14.9 Å². The number of hydrogen-bond acceptors (Lipinski definition) is 5. The van der Waals surface area contributed by atoms with Crippen molar-refractivity contribution in [2.45, 2.75) is 20.4 Å². The number of nitrogens with zero attached hydrogens (tertiary/aromatic N) is 3. The van der Waals surface area contributed by atoms with Crippen molar-refractivity contribution in [1.29, 1.82) is 0 Å². The topological polar surface area (TPSA) is 81.0 Å². The van der Waals surface area contributed by atoms with Gasteiger partial charge in [-0.2, -0.15) is 0 Å². The molecular formula is C13H14N4O2. The predicted octanol–water partition coefficient (Wildman–Crippen LogP) is 2.61. The quantitative estimate of drug-likeness (QED) is 0.673. The lowest BCUT2D eigenvalue weighted by Gasteiger charge is -2.08. The number of aromatic nitrogens is 2. The number of hydrogen-bond donors (Lipinski definition) is 1. The summed E-state index contributed by atoms with van der Waals surface area (Å²) in [6.07, 6.45) is 3.25. The minimum absolute atomic E-state index is 0.0103. The van der Waals surface area contributed by atoms with Crippen LogP contribution in [0.3, 0.4) is 0 Å².